The molecule has 2 N–H and O–H groups in total. The van der Waals surface area contributed by atoms with Crippen molar-refractivity contribution in [1.29, 1.82) is 0 Å². The summed E-state index contributed by atoms with van der Waals surface area (Å²) in [5.74, 6) is 0.402. The maximum atomic E-state index is 12.0. The van der Waals surface area contributed by atoms with Gasteiger partial charge >= 0.3 is 5.69 Å². The number of nitrogens with one attached hydrogen (secondary N) is 2. The first-order valence-corrected chi connectivity index (χ1v) is 6.99. The summed E-state index contributed by atoms with van der Waals surface area (Å²) in [7, 11) is 0. The topological polar surface area (TPSA) is 66.9 Å². The van der Waals surface area contributed by atoms with Gasteiger partial charge in [0, 0.05) is 51.0 Å². The fourth-order valence-electron chi connectivity index (χ4n) is 2.04. The molecule has 2 aromatic rings. The van der Waals surface area contributed by atoms with Crippen LogP contribution < -0.4 is 16.6 Å². The van der Waals surface area contributed by atoms with Crippen LogP contribution in [0, 0.1) is 20.8 Å². The number of anilines is 2. The van der Waals surface area contributed by atoms with Gasteiger partial charge in [-0.1, -0.05) is 12.5 Å². The van der Waals surface area contributed by atoms with E-state index >= 15 is 0 Å². The van der Waals surface area contributed by atoms with Gasteiger partial charge in [0.05, 0.1) is 0 Å². The fourth-order valence-corrected chi connectivity index (χ4v) is 2.04. The molecule has 0 amide bonds. The largest absolute Gasteiger partial charge is 0.343 e. The molecule has 2 rings (SSSR count). The second-order valence-corrected chi connectivity index (χ2v) is 5.11. The molecule has 0 aliphatic rings. The van der Waals surface area contributed by atoms with Crippen molar-refractivity contribution in [3.05, 3.63) is 63.2 Å². The maximum Gasteiger partial charge on any atom is 0.329 e. The third-order valence-electron chi connectivity index (χ3n) is 3.44. The van der Waals surface area contributed by atoms with E-state index in [0.717, 1.165) is 11.3 Å². The normalized spacial score (nSPS) is 10.1. The van der Waals surface area contributed by atoms with Crippen molar-refractivity contribution in [3.63, 3.8) is 0 Å². The Bertz CT molecular complexity index is 719. The summed E-state index contributed by atoms with van der Waals surface area (Å²) in [6.07, 6.45) is 1.39. The van der Waals surface area contributed by atoms with Crippen LogP contribution in [0.3, 0.4) is 0 Å². The van der Waals surface area contributed by atoms with Crippen molar-refractivity contribution < 1.29 is 32.7 Å². The number of hydrogen-bond donors (Lipinski definition) is 2. The third kappa shape index (κ3) is 4.65. The molecule has 0 fully saturated rings. The van der Waals surface area contributed by atoms with Gasteiger partial charge in [-0.25, -0.2) is 4.79 Å². The average molecular weight is 375 g/mol. The van der Waals surface area contributed by atoms with E-state index in [-0.39, 0.29) is 38.3 Å². The Balaban J connectivity index is 0.00000242. The maximum absolute atomic E-state index is 12.0. The van der Waals surface area contributed by atoms with E-state index in [4.69, 9.17) is 0 Å². The fraction of sp³-hybridized carbons (Fsp3) is 0.312. The van der Waals surface area contributed by atoms with Crippen molar-refractivity contribution in [2.24, 2.45) is 0 Å². The number of aryl methyl sites for hydroxylation is 2. The van der Waals surface area contributed by atoms with Gasteiger partial charge in [0.25, 0.3) is 5.56 Å². The minimum absolute atomic E-state index is 0. The molecule has 0 saturated carbocycles. The molecule has 115 valence electrons. The molecule has 1 radical (unpaired) electrons. The molecule has 22 heavy (non-hydrogen) atoms. The van der Waals surface area contributed by atoms with Crippen LogP contribution in [0.15, 0.2) is 33.9 Å². The number of unbranched alkanes of at least 4 members (excludes halogenated alkanes) is 1. The van der Waals surface area contributed by atoms with Gasteiger partial charge in [-0.2, -0.15) is 6.42 Å². The third-order valence-corrected chi connectivity index (χ3v) is 3.44. The molecule has 5 nitrogen and oxygen atoms in total. The zero-order valence-corrected chi connectivity index (χ0v) is 15.8. The van der Waals surface area contributed by atoms with E-state index < -0.39 is 5.69 Å². The molecule has 6 heteroatoms. The molecule has 0 aliphatic carbocycles. The summed E-state index contributed by atoms with van der Waals surface area (Å²) in [5.41, 5.74) is 2.47. The van der Waals surface area contributed by atoms with E-state index in [1.54, 1.807) is 0 Å². The van der Waals surface area contributed by atoms with Gasteiger partial charge in [0.1, 0.15) is 5.82 Å². The zero-order chi connectivity index (χ0) is 15.4. The molecular weight excluding hydrogens is 355 g/mol. The number of rotatable bonds is 5. The van der Waals surface area contributed by atoms with Crippen molar-refractivity contribution in [2.45, 2.75) is 33.2 Å². The number of H-pyrrole nitrogens is 1. The molecule has 1 aromatic heterocycles. The molecule has 0 spiro atoms. The van der Waals surface area contributed by atoms with Gasteiger partial charge in [-0.05, 0) is 37.1 Å². The second-order valence-electron chi connectivity index (χ2n) is 5.11. The van der Waals surface area contributed by atoms with Gasteiger partial charge < -0.3 is 12.2 Å². The summed E-state index contributed by atoms with van der Waals surface area (Å²) in [6.45, 7) is 8.15. The summed E-state index contributed by atoms with van der Waals surface area (Å²) in [4.78, 5) is 26.6. The van der Waals surface area contributed by atoms with Gasteiger partial charge in [0.2, 0.25) is 0 Å². The summed E-state index contributed by atoms with van der Waals surface area (Å²) >= 11 is 0. The minimum atomic E-state index is -0.401. The van der Waals surface area contributed by atoms with Crippen molar-refractivity contribution >= 4 is 11.5 Å². The average Bonchev–Trinajstić information content (AvgIpc) is 2.42. The smallest absolute Gasteiger partial charge is 0.329 e. The summed E-state index contributed by atoms with van der Waals surface area (Å²) in [5, 5.41) is 3.06. The Kier molecular flexibility index (Phi) is 7.23. The first kappa shape index (κ1) is 18.9. The standard InChI is InChI=1S/C16H20N3O2.Y/c1-4-5-8-19-15(20)10-14(18-16(19)21)17-13-7-6-11(2)12(3)9-13;/h6-7,9-10,17H,1,4-5,8H2,2-3H3,(H,18,21);/q-1;. The molecule has 0 bridgehead atoms. The van der Waals surface area contributed by atoms with E-state index in [0.29, 0.717) is 25.2 Å². The van der Waals surface area contributed by atoms with Crippen LogP contribution in [0.5, 0.6) is 0 Å². The molecule has 0 aliphatic heterocycles. The van der Waals surface area contributed by atoms with Crippen LogP contribution in [0.25, 0.3) is 0 Å². The van der Waals surface area contributed by atoms with Crippen molar-refractivity contribution in [1.82, 2.24) is 9.55 Å². The Morgan fingerprint density at radius 3 is 2.50 bits per heavy atom. The van der Waals surface area contributed by atoms with Crippen LogP contribution >= 0.6 is 0 Å². The zero-order valence-electron chi connectivity index (χ0n) is 13.0. The number of aromatic amines is 1. The number of nitrogens with zero attached hydrogens (tertiary/aromatic N) is 1. The Labute approximate surface area is 155 Å². The number of hydrogen-bond acceptors (Lipinski definition) is 3. The van der Waals surface area contributed by atoms with E-state index in [1.165, 1.54) is 16.2 Å². The van der Waals surface area contributed by atoms with Gasteiger partial charge in [-0.3, -0.25) is 14.3 Å². The Morgan fingerprint density at radius 1 is 1.18 bits per heavy atom. The van der Waals surface area contributed by atoms with Crippen molar-refractivity contribution in [3.8, 4) is 0 Å². The first-order valence-electron chi connectivity index (χ1n) is 6.99. The van der Waals surface area contributed by atoms with Gasteiger partial charge in [0.15, 0.2) is 0 Å². The molecule has 0 saturated heterocycles. The number of benzene rings is 1. The molecule has 1 heterocycles. The second kappa shape index (κ2) is 8.44. The number of aromatic nitrogens is 2. The van der Waals surface area contributed by atoms with Crippen LogP contribution in [0.2, 0.25) is 0 Å². The van der Waals surface area contributed by atoms with Gasteiger partial charge in [-0.15, -0.1) is 0 Å². The van der Waals surface area contributed by atoms with Crippen molar-refractivity contribution in [2.75, 3.05) is 5.32 Å². The molecular formula is C16H20N3O2Y-. The molecule has 0 unspecified atom stereocenters. The molecule has 1 aromatic carbocycles. The van der Waals surface area contributed by atoms with Crippen LogP contribution in [0.4, 0.5) is 11.5 Å². The van der Waals surface area contributed by atoms with E-state index in [2.05, 4.69) is 17.2 Å². The van der Waals surface area contributed by atoms with Crippen LogP contribution in [-0.2, 0) is 39.3 Å². The Morgan fingerprint density at radius 2 is 1.91 bits per heavy atom. The quantitative estimate of drug-likeness (QED) is 0.790. The molecule has 0 atom stereocenters. The predicted molar refractivity (Wildman–Crippen MR) is 85.1 cm³/mol. The van der Waals surface area contributed by atoms with E-state index in [9.17, 15) is 9.59 Å². The van der Waals surface area contributed by atoms with Crippen LogP contribution in [-0.4, -0.2) is 9.55 Å². The van der Waals surface area contributed by atoms with Crippen LogP contribution in [0.1, 0.15) is 24.0 Å². The first-order chi connectivity index (χ1) is 10.0. The van der Waals surface area contributed by atoms with E-state index in [1.807, 2.05) is 32.0 Å². The monoisotopic (exact) mass is 375 g/mol. The Hall–Kier alpha value is -1.20. The minimum Gasteiger partial charge on any atom is -0.343 e. The summed E-state index contributed by atoms with van der Waals surface area (Å²) < 4.78 is 1.19. The summed E-state index contributed by atoms with van der Waals surface area (Å²) in [6, 6.07) is 7.28. The predicted octanol–water partition coefficient (Wildman–Crippen LogP) is 2.51. The SMILES string of the molecule is [CH2-]CCCn1c(=O)cc(Nc2ccc(C)c(C)c2)[nH]c1=O.[Y].